The van der Waals surface area contributed by atoms with E-state index in [4.69, 9.17) is 29.7 Å². The van der Waals surface area contributed by atoms with E-state index < -0.39 is 17.9 Å². The normalized spacial score (nSPS) is 5.65. The maximum Gasteiger partial charge on any atom is 2.00 e. The quantitative estimate of drug-likeness (QED) is 0.377. The van der Waals surface area contributed by atoms with Gasteiger partial charge in [0.05, 0.1) is 17.9 Å². The SMILES string of the molecule is C=CC(=O)[O-].C=CC(=O)[O-].C=CC(=O)[O-].[Ca+2].[K+]. The van der Waals surface area contributed by atoms with Crippen LogP contribution in [0.15, 0.2) is 38.0 Å². The molecule has 0 unspecified atom stereocenters. The summed E-state index contributed by atoms with van der Waals surface area (Å²) < 4.78 is 0. The minimum atomic E-state index is -1.23. The van der Waals surface area contributed by atoms with E-state index in [0.29, 0.717) is 0 Å². The molecule has 0 spiro atoms. The second-order valence-corrected chi connectivity index (χ2v) is 1.57. The van der Waals surface area contributed by atoms with Gasteiger partial charge in [0, 0.05) is 0 Å². The van der Waals surface area contributed by atoms with Gasteiger partial charge in [0.2, 0.25) is 0 Å². The van der Waals surface area contributed by atoms with E-state index in [2.05, 4.69) is 19.7 Å². The molecule has 0 aliphatic carbocycles. The van der Waals surface area contributed by atoms with Gasteiger partial charge in [-0.25, -0.2) is 0 Å². The summed E-state index contributed by atoms with van der Waals surface area (Å²) in [5.41, 5.74) is 0. The van der Waals surface area contributed by atoms with Crippen LogP contribution in [0.4, 0.5) is 0 Å². The fourth-order valence-corrected chi connectivity index (χ4v) is 0. The molecule has 0 aromatic rings. The minimum Gasteiger partial charge on any atom is -0.545 e. The van der Waals surface area contributed by atoms with Crippen molar-refractivity contribution in [1.29, 1.82) is 0 Å². The molecule has 8 heteroatoms. The van der Waals surface area contributed by atoms with Crippen molar-refractivity contribution in [3.63, 3.8) is 0 Å². The average Bonchev–Trinajstić information content (AvgIpc) is 2.19. The summed E-state index contributed by atoms with van der Waals surface area (Å²) in [5, 5.41) is 27.4. The van der Waals surface area contributed by atoms with Crippen molar-refractivity contribution in [3.05, 3.63) is 38.0 Å². The van der Waals surface area contributed by atoms with Crippen LogP contribution in [0, 0.1) is 0 Å². The third-order valence-corrected chi connectivity index (χ3v) is 0.500. The Hall–Kier alpha value is 0.526. The van der Waals surface area contributed by atoms with Crippen molar-refractivity contribution in [1.82, 2.24) is 0 Å². The minimum absolute atomic E-state index is 0. The van der Waals surface area contributed by atoms with E-state index >= 15 is 0 Å². The fourth-order valence-electron chi connectivity index (χ4n) is 0. The summed E-state index contributed by atoms with van der Waals surface area (Å²) >= 11 is 0. The van der Waals surface area contributed by atoms with Crippen molar-refractivity contribution < 1.29 is 81.1 Å². The largest absolute Gasteiger partial charge is 2.00 e. The Kier molecular flexibility index (Phi) is 45.6. The molecule has 0 amide bonds. The van der Waals surface area contributed by atoms with Gasteiger partial charge in [0.15, 0.2) is 0 Å². The van der Waals surface area contributed by atoms with Crippen LogP contribution in [-0.4, -0.2) is 55.6 Å². The maximum atomic E-state index is 9.14. The smallest absolute Gasteiger partial charge is 0.545 e. The molecule has 0 atom stereocenters. The molecule has 0 aliphatic rings. The van der Waals surface area contributed by atoms with Crippen molar-refractivity contribution in [2.24, 2.45) is 0 Å². The van der Waals surface area contributed by atoms with E-state index in [1.54, 1.807) is 0 Å². The summed E-state index contributed by atoms with van der Waals surface area (Å²) in [5.74, 6) is -3.69. The first-order chi connectivity index (χ1) is 6.81. The topological polar surface area (TPSA) is 120 Å². The Morgan fingerprint density at radius 3 is 0.765 bits per heavy atom. The van der Waals surface area contributed by atoms with E-state index in [1.807, 2.05) is 0 Å². The summed E-state index contributed by atoms with van der Waals surface area (Å²) in [6.07, 6.45) is 2.17. The Balaban J connectivity index is -0.0000000400. The number of rotatable bonds is 3. The van der Waals surface area contributed by atoms with E-state index in [1.165, 1.54) is 0 Å². The number of carbonyl (C=O) groups excluding carboxylic acids is 3. The summed E-state index contributed by atoms with van der Waals surface area (Å²) in [4.78, 5) is 27.4. The molecule has 0 aliphatic heterocycles. The molecule has 0 saturated heterocycles. The van der Waals surface area contributed by atoms with Gasteiger partial charge in [-0.05, 0) is 18.2 Å². The van der Waals surface area contributed by atoms with Crippen molar-refractivity contribution in [2.75, 3.05) is 0 Å². The number of carboxylic acid groups (broad SMARTS) is 3. The van der Waals surface area contributed by atoms with Gasteiger partial charge in [-0.3, -0.25) is 0 Å². The van der Waals surface area contributed by atoms with Crippen LogP contribution in [0.2, 0.25) is 0 Å². The van der Waals surface area contributed by atoms with Crippen LogP contribution in [0.5, 0.6) is 0 Å². The third-order valence-electron chi connectivity index (χ3n) is 0.500. The molecular weight excluding hydrogens is 283 g/mol. The summed E-state index contributed by atoms with van der Waals surface area (Å²) in [6.45, 7) is 8.69. The molecule has 0 aromatic carbocycles. The molecule has 0 bridgehead atoms. The van der Waals surface area contributed by atoms with Crippen molar-refractivity contribution in [2.45, 2.75) is 0 Å². The summed E-state index contributed by atoms with van der Waals surface area (Å²) in [6, 6.07) is 0. The Labute approximate surface area is 172 Å². The molecule has 0 N–H and O–H groups in total. The van der Waals surface area contributed by atoms with Crippen molar-refractivity contribution >= 4 is 55.6 Å². The van der Waals surface area contributed by atoms with Crippen LogP contribution in [0.3, 0.4) is 0 Å². The van der Waals surface area contributed by atoms with E-state index in [0.717, 1.165) is 18.2 Å². The molecule has 0 saturated carbocycles. The molecule has 6 nitrogen and oxygen atoms in total. The second-order valence-electron chi connectivity index (χ2n) is 1.57. The first-order valence-electron chi connectivity index (χ1n) is 3.32. The zero-order valence-corrected chi connectivity index (χ0v) is 14.8. The van der Waals surface area contributed by atoms with Crippen LogP contribution < -0.4 is 66.7 Å². The van der Waals surface area contributed by atoms with Gasteiger partial charge < -0.3 is 29.7 Å². The number of carbonyl (C=O) groups is 3. The third kappa shape index (κ3) is 81.9. The van der Waals surface area contributed by atoms with Gasteiger partial charge in [0.1, 0.15) is 0 Å². The number of carboxylic acids is 3. The number of hydrogen-bond donors (Lipinski definition) is 0. The maximum absolute atomic E-state index is 9.14. The van der Waals surface area contributed by atoms with Gasteiger partial charge in [0.25, 0.3) is 0 Å². The fraction of sp³-hybridized carbons (Fsp3) is 0. The first kappa shape index (κ1) is 30.5. The molecule has 84 valence electrons. The molecule has 17 heavy (non-hydrogen) atoms. The van der Waals surface area contributed by atoms with Gasteiger partial charge in [-0.2, -0.15) is 0 Å². The van der Waals surface area contributed by atoms with E-state index in [-0.39, 0.29) is 89.1 Å². The first-order valence-corrected chi connectivity index (χ1v) is 3.32. The zero-order chi connectivity index (χ0) is 12.9. The second kappa shape index (κ2) is 25.4. The van der Waals surface area contributed by atoms with Crippen molar-refractivity contribution in [3.8, 4) is 0 Å². The molecule has 0 rings (SSSR count). The Morgan fingerprint density at radius 1 is 0.706 bits per heavy atom. The molecule has 0 heterocycles. The molecule has 0 radical (unpaired) electrons. The zero-order valence-electron chi connectivity index (χ0n) is 9.51. The Morgan fingerprint density at radius 2 is 0.765 bits per heavy atom. The standard InChI is InChI=1S/3C3H4O2.Ca.K/c3*1-2-3(4)5;;/h3*2H,1H2,(H,4,5);;/q;;;+2;+1/p-3. The number of hydrogen-bond acceptors (Lipinski definition) is 6. The summed E-state index contributed by atoms with van der Waals surface area (Å²) in [7, 11) is 0. The van der Waals surface area contributed by atoms with Crippen LogP contribution in [0.25, 0.3) is 0 Å². The van der Waals surface area contributed by atoms with Crippen LogP contribution in [0.1, 0.15) is 0 Å². The van der Waals surface area contributed by atoms with E-state index in [9.17, 15) is 0 Å². The predicted molar refractivity (Wildman–Crippen MR) is 51.4 cm³/mol. The van der Waals surface area contributed by atoms with Gasteiger partial charge >= 0.3 is 89.1 Å². The molecule has 0 aromatic heterocycles. The monoisotopic (exact) mass is 292 g/mol. The Bertz CT molecular complexity index is 221. The average molecular weight is 292 g/mol. The predicted octanol–water partition coefficient (Wildman–Crippen LogP) is -6.61. The van der Waals surface area contributed by atoms with Gasteiger partial charge in [-0.15, -0.1) is 0 Å². The van der Waals surface area contributed by atoms with Crippen LogP contribution >= 0.6 is 0 Å². The molecule has 0 fully saturated rings. The number of aliphatic carboxylic acids is 3. The van der Waals surface area contributed by atoms with Gasteiger partial charge in [-0.1, -0.05) is 19.7 Å². The van der Waals surface area contributed by atoms with Crippen LogP contribution in [-0.2, 0) is 14.4 Å². The molecular formula is C9H9CaKO6.